The number of rotatable bonds is 7. The minimum Gasteiger partial charge on any atom is -0.507 e. The van der Waals surface area contributed by atoms with E-state index < -0.39 is 10.8 Å². The van der Waals surface area contributed by atoms with E-state index in [1.807, 2.05) is 32.0 Å². The molecular formula is C27H25N7O5S. The Morgan fingerprint density at radius 2 is 1.75 bits per heavy atom. The molecule has 204 valence electrons. The van der Waals surface area contributed by atoms with Crippen molar-refractivity contribution in [1.29, 1.82) is 0 Å². The summed E-state index contributed by atoms with van der Waals surface area (Å²) in [6.07, 6.45) is 0. The maximum absolute atomic E-state index is 13.0. The van der Waals surface area contributed by atoms with Gasteiger partial charge in [0.05, 0.1) is 33.0 Å². The number of phenols is 1. The van der Waals surface area contributed by atoms with E-state index in [1.54, 1.807) is 35.9 Å². The molecule has 0 fully saturated rings. The fourth-order valence-electron chi connectivity index (χ4n) is 4.58. The Kier molecular flexibility index (Phi) is 6.90. The number of thioether (sulfide) groups is 1. The molecule has 0 atom stereocenters. The number of carbonyl (C=O) groups is 1. The maximum Gasteiger partial charge on any atom is 0.328 e. The fourth-order valence-corrected chi connectivity index (χ4v) is 5.32. The highest BCUT2D eigenvalue weighted by Crippen LogP contribution is 2.34. The average Bonchev–Trinajstić information content (AvgIpc) is 3.42. The second-order valence-electron chi connectivity index (χ2n) is 9.30. The monoisotopic (exact) mass is 559 g/mol. The molecule has 0 unspecified atom stereocenters. The van der Waals surface area contributed by atoms with Crippen LogP contribution >= 0.6 is 11.8 Å². The van der Waals surface area contributed by atoms with E-state index >= 15 is 0 Å². The lowest BCUT2D eigenvalue weighted by molar-refractivity contribution is -0.383. The first kappa shape index (κ1) is 26.7. The second-order valence-corrected chi connectivity index (χ2v) is 10.2. The normalized spacial score (nSPS) is 11.2. The first-order valence-corrected chi connectivity index (χ1v) is 13.1. The van der Waals surface area contributed by atoms with Crippen LogP contribution in [0.4, 0.5) is 11.4 Å². The molecule has 0 aliphatic heterocycles. The van der Waals surface area contributed by atoms with Gasteiger partial charge in [-0.15, -0.1) is 10.2 Å². The van der Waals surface area contributed by atoms with E-state index in [2.05, 4.69) is 15.5 Å². The van der Waals surface area contributed by atoms with Gasteiger partial charge in [-0.05, 0) is 43.7 Å². The molecule has 0 spiro atoms. The topological polar surface area (TPSA) is 150 Å². The van der Waals surface area contributed by atoms with Crippen molar-refractivity contribution in [2.24, 2.45) is 14.1 Å². The fraction of sp³-hybridized carbons (Fsp3) is 0.185. The molecule has 0 bridgehead atoms. The Morgan fingerprint density at radius 1 is 1.05 bits per heavy atom. The smallest absolute Gasteiger partial charge is 0.328 e. The van der Waals surface area contributed by atoms with Crippen LogP contribution in [0, 0.1) is 24.0 Å². The Morgan fingerprint density at radius 3 is 2.42 bits per heavy atom. The number of fused-ring (bicyclic) bond motifs is 1. The molecule has 12 nitrogen and oxygen atoms in total. The summed E-state index contributed by atoms with van der Waals surface area (Å²) in [5, 5.41) is 33.9. The predicted molar refractivity (Wildman–Crippen MR) is 152 cm³/mol. The number of benzene rings is 3. The number of nitro groups is 1. The second kappa shape index (κ2) is 10.3. The average molecular weight is 560 g/mol. The molecule has 0 aliphatic rings. The standard InChI is InChI=1S/C27H25N7O5S/c1-15-9-10-19(16(2)11-15)33-25(17-7-5-6-8-23(17)35)29-30-26(33)40-14-24(36)28-18-12-21-22(13-20(18)34(38)39)32(4)27(37)31(21)3/h5-13,35H,14H2,1-4H3,(H,28,36). The lowest BCUT2D eigenvalue weighted by Crippen LogP contribution is -2.19. The third-order valence-corrected chi connectivity index (χ3v) is 7.49. The number of nitro benzene ring substituents is 1. The summed E-state index contributed by atoms with van der Waals surface area (Å²) in [4.78, 5) is 36.5. The van der Waals surface area contributed by atoms with Gasteiger partial charge >= 0.3 is 5.69 Å². The summed E-state index contributed by atoms with van der Waals surface area (Å²) in [6.45, 7) is 3.93. The number of para-hydroxylation sites is 1. The van der Waals surface area contributed by atoms with Crippen LogP contribution in [0.3, 0.4) is 0 Å². The van der Waals surface area contributed by atoms with Crippen molar-refractivity contribution < 1.29 is 14.8 Å². The molecule has 2 N–H and O–H groups in total. The number of imidazole rings is 1. The number of hydrogen-bond acceptors (Lipinski definition) is 8. The van der Waals surface area contributed by atoms with Gasteiger partial charge in [-0.25, -0.2) is 4.79 Å². The third-order valence-electron chi connectivity index (χ3n) is 6.56. The number of aryl methyl sites for hydroxylation is 4. The van der Waals surface area contributed by atoms with Crippen molar-refractivity contribution in [3.8, 4) is 22.8 Å². The Balaban J connectivity index is 1.48. The molecule has 2 aromatic heterocycles. The summed E-state index contributed by atoms with van der Waals surface area (Å²) in [7, 11) is 3.08. The Bertz CT molecular complexity index is 1870. The van der Waals surface area contributed by atoms with Gasteiger partial charge in [-0.2, -0.15) is 0 Å². The zero-order valence-electron chi connectivity index (χ0n) is 22.1. The summed E-state index contributed by atoms with van der Waals surface area (Å²) in [5.74, 6) is -0.202. The highest BCUT2D eigenvalue weighted by molar-refractivity contribution is 7.99. The first-order chi connectivity index (χ1) is 19.1. The van der Waals surface area contributed by atoms with E-state index in [0.717, 1.165) is 28.6 Å². The van der Waals surface area contributed by atoms with Gasteiger partial charge in [0.15, 0.2) is 11.0 Å². The number of hydrogen-bond donors (Lipinski definition) is 2. The summed E-state index contributed by atoms with van der Waals surface area (Å²) in [5.41, 5.74) is 3.41. The van der Waals surface area contributed by atoms with Gasteiger partial charge in [-0.1, -0.05) is 41.6 Å². The highest BCUT2D eigenvalue weighted by atomic mass is 32.2. The van der Waals surface area contributed by atoms with E-state index in [4.69, 9.17) is 0 Å². The lowest BCUT2D eigenvalue weighted by Gasteiger charge is -2.14. The van der Waals surface area contributed by atoms with Crippen molar-refractivity contribution in [3.63, 3.8) is 0 Å². The number of nitrogens with zero attached hydrogens (tertiary/aromatic N) is 6. The Hall–Kier alpha value is -4.91. The Labute approximate surface area is 232 Å². The molecule has 13 heteroatoms. The molecular weight excluding hydrogens is 534 g/mol. The molecule has 1 amide bonds. The van der Waals surface area contributed by atoms with Gasteiger partial charge < -0.3 is 10.4 Å². The van der Waals surface area contributed by atoms with Crippen LogP contribution < -0.4 is 11.0 Å². The van der Waals surface area contributed by atoms with E-state index in [-0.39, 0.29) is 28.6 Å². The number of anilines is 1. The quantitative estimate of drug-likeness (QED) is 0.172. The number of carbonyl (C=O) groups excluding carboxylic acids is 1. The van der Waals surface area contributed by atoms with Gasteiger partial charge in [-0.3, -0.25) is 28.6 Å². The van der Waals surface area contributed by atoms with Crippen LogP contribution in [0.15, 0.2) is 64.5 Å². The highest BCUT2D eigenvalue weighted by Gasteiger charge is 2.23. The maximum atomic E-state index is 13.0. The molecule has 2 heterocycles. The van der Waals surface area contributed by atoms with Crippen molar-refractivity contribution in [1.82, 2.24) is 23.9 Å². The third kappa shape index (κ3) is 4.71. The number of amides is 1. The van der Waals surface area contributed by atoms with Crippen molar-refractivity contribution in [2.75, 3.05) is 11.1 Å². The number of nitrogens with one attached hydrogen (secondary N) is 1. The number of phenolic OH excluding ortho intramolecular Hbond substituents is 1. The minimum absolute atomic E-state index is 0.0185. The zero-order chi connectivity index (χ0) is 28.7. The van der Waals surface area contributed by atoms with Crippen molar-refractivity contribution in [2.45, 2.75) is 19.0 Å². The summed E-state index contributed by atoms with van der Waals surface area (Å²) < 4.78 is 4.44. The van der Waals surface area contributed by atoms with Crippen LogP contribution in [-0.2, 0) is 18.9 Å². The summed E-state index contributed by atoms with van der Waals surface area (Å²) in [6, 6.07) is 15.4. The van der Waals surface area contributed by atoms with Crippen LogP contribution in [-0.4, -0.2) is 45.6 Å². The molecule has 3 aromatic carbocycles. The van der Waals surface area contributed by atoms with Gasteiger partial charge in [0.1, 0.15) is 11.4 Å². The molecule has 5 aromatic rings. The van der Waals surface area contributed by atoms with E-state index in [9.17, 15) is 24.8 Å². The van der Waals surface area contributed by atoms with Crippen molar-refractivity contribution >= 4 is 40.1 Å². The molecule has 0 saturated heterocycles. The van der Waals surface area contributed by atoms with E-state index in [0.29, 0.717) is 27.6 Å². The van der Waals surface area contributed by atoms with Gasteiger partial charge in [0.25, 0.3) is 5.69 Å². The lowest BCUT2D eigenvalue weighted by atomic mass is 10.1. The largest absolute Gasteiger partial charge is 0.507 e. The number of aromatic nitrogens is 5. The van der Waals surface area contributed by atoms with Gasteiger partial charge in [0, 0.05) is 20.2 Å². The number of aromatic hydroxyl groups is 1. The summed E-state index contributed by atoms with van der Waals surface area (Å²) >= 11 is 1.10. The van der Waals surface area contributed by atoms with Crippen molar-refractivity contribution in [3.05, 3.63) is 86.3 Å². The molecule has 0 radical (unpaired) electrons. The molecule has 0 saturated carbocycles. The zero-order valence-corrected chi connectivity index (χ0v) is 22.9. The SMILES string of the molecule is Cc1ccc(-n2c(SCC(=O)Nc3cc4c(cc3[N+](=O)[O-])n(C)c(=O)n4C)nnc2-c2ccccc2O)c(C)c1. The minimum atomic E-state index is -0.602. The van der Waals surface area contributed by atoms with Crippen LogP contribution in [0.1, 0.15) is 11.1 Å². The molecule has 40 heavy (non-hydrogen) atoms. The van der Waals surface area contributed by atoms with Crippen LogP contribution in [0.5, 0.6) is 5.75 Å². The van der Waals surface area contributed by atoms with E-state index in [1.165, 1.54) is 28.3 Å². The molecule has 5 rings (SSSR count). The van der Waals surface area contributed by atoms with Crippen LogP contribution in [0.2, 0.25) is 0 Å². The molecule has 0 aliphatic carbocycles. The van der Waals surface area contributed by atoms with Crippen LogP contribution in [0.25, 0.3) is 28.1 Å². The first-order valence-electron chi connectivity index (χ1n) is 12.1. The predicted octanol–water partition coefficient (Wildman–Crippen LogP) is 4.09. The van der Waals surface area contributed by atoms with Gasteiger partial charge in [0.2, 0.25) is 5.91 Å².